The van der Waals surface area contributed by atoms with Gasteiger partial charge in [0.2, 0.25) is 0 Å². The Morgan fingerprint density at radius 2 is 1.89 bits per heavy atom. The SMILES string of the molecule is CCCNCCC1(Oc2ccccc2OC)CCC1. The molecule has 106 valence electrons. The van der Waals surface area contributed by atoms with Crippen LogP contribution in [0.3, 0.4) is 0 Å². The first kappa shape index (κ1) is 14.2. The zero-order valence-electron chi connectivity index (χ0n) is 12.1. The van der Waals surface area contributed by atoms with E-state index in [9.17, 15) is 0 Å². The third-order valence-corrected chi connectivity index (χ3v) is 3.84. The number of para-hydroxylation sites is 2. The molecule has 0 heterocycles. The van der Waals surface area contributed by atoms with Crippen LogP contribution in [0.15, 0.2) is 24.3 Å². The van der Waals surface area contributed by atoms with E-state index in [0.29, 0.717) is 0 Å². The van der Waals surface area contributed by atoms with Crippen LogP contribution in [0.1, 0.15) is 39.0 Å². The lowest BCUT2D eigenvalue weighted by Crippen LogP contribution is -2.45. The van der Waals surface area contributed by atoms with E-state index in [0.717, 1.165) is 43.9 Å². The maximum atomic E-state index is 6.28. The van der Waals surface area contributed by atoms with Crippen LogP contribution in [0, 0.1) is 0 Å². The molecule has 1 aromatic carbocycles. The van der Waals surface area contributed by atoms with Crippen molar-refractivity contribution in [3.63, 3.8) is 0 Å². The highest BCUT2D eigenvalue weighted by Crippen LogP contribution is 2.41. The van der Waals surface area contributed by atoms with Crippen LogP contribution in [0.5, 0.6) is 11.5 Å². The second-order valence-corrected chi connectivity index (χ2v) is 5.29. The fraction of sp³-hybridized carbons (Fsp3) is 0.625. The van der Waals surface area contributed by atoms with E-state index in [1.807, 2.05) is 24.3 Å². The van der Waals surface area contributed by atoms with E-state index in [2.05, 4.69) is 12.2 Å². The molecule has 0 unspecified atom stereocenters. The summed E-state index contributed by atoms with van der Waals surface area (Å²) in [6.07, 6.45) is 5.83. The molecule has 1 aromatic rings. The second-order valence-electron chi connectivity index (χ2n) is 5.29. The van der Waals surface area contributed by atoms with E-state index < -0.39 is 0 Å². The molecule has 1 aliphatic rings. The summed E-state index contributed by atoms with van der Waals surface area (Å²) >= 11 is 0. The molecule has 19 heavy (non-hydrogen) atoms. The van der Waals surface area contributed by atoms with Crippen LogP contribution in [-0.4, -0.2) is 25.8 Å². The van der Waals surface area contributed by atoms with E-state index in [1.54, 1.807) is 7.11 Å². The fourth-order valence-electron chi connectivity index (χ4n) is 2.53. The van der Waals surface area contributed by atoms with Gasteiger partial charge in [-0.2, -0.15) is 0 Å². The summed E-state index contributed by atoms with van der Waals surface area (Å²) in [7, 11) is 1.69. The monoisotopic (exact) mass is 263 g/mol. The average Bonchev–Trinajstić information content (AvgIpc) is 2.41. The van der Waals surface area contributed by atoms with Crippen LogP contribution >= 0.6 is 0 Å². The number of nitrogens with one attached hydrogen (secondary N) is 1. The molecule has 0 radical (unpaired) electrons. The van der Waals surface area contributed by atoms with Crippen molar-refractivity contribution in [1.29, 1.82) is 0 Å². The molecule has 0 saturated heterocycles. The minimum Gasteiger partial charge on any atom is -0.493 e. The molecule has 2 rings (SSSR count). The predicted octanol–water partition coefficient (Wildman–Crippen LogP) is 3.39. The predicted molar refractivity (Wildman–Crippen MR) is 78.0 cm³/mol. The minimum atomic E-state index is 0.0232. The number of benzene rings is 1. The third kappa shape index (κ3) is 3.63. The Morgan fingerprint density at radius 3 is 2.47 bits per heavy atom. The minimum absolute atomic E-state index is 0.0232. The van der Waals surface area contributed by atoms with Crippen LogP contribution in [-0.2, 0) is 0 Å². The molecular formula is C16H25NO2. The maximum Gasteiger partial charge on any atom is 0.161 e. The van der Waals surface area contributed by atoms with Gasteiger partial charge in [-0.15, -0.1) is 0 Å². The van der Waals surface area contributed by atoms with Crippen molar-refractivity contribution in [1.82, 2.24) is 5.32 Å². The first-order chi connectivity index (χ1) is 9.29. The normalized spacial score (nSPS) is 16.7. The molecule has 0 aliphatic heterocycles. The van der Waals surface area contributed by atoms with Crippen molar-refractivity contribution in [3.8, 4) is 11.5 Å². The van der Waals surface area contributed by atoms with Gasteiger partial charge < -0.3 is 14.8 Å². The standard InChI is InChI=1S/C16H25NO2/c1-3-12-17-13-11-16(9-6-10-16)19-15-8-5-4-7-14(15)18-2/h4-5,7-8,17H,3,6,9-13H2,1-2H3. The van der Waals surface area contributed by atoms with Crippen LogP contribution in [0.4, 0.5) is 0 Å². The Morgan fingerprint density at radius 1 is 1.16 bits per heavy atom. The highest BCUT2D eigenvalue weighted by atomic mass is 16.5. The van der Waals surface area contributed by atoms with Gasteiger partial charge in [0.1, 0.15) is 5.60 Å². The van der Waals surface area contributed by atoms with Crippen molar-refractivity contribution < 1.29 is 9.47 Å². The summed E-state index contributed by atoms with van der Waals surface area (Å²) in [5, 5.41) is 3.46. The summed E-state index contributed by atoms with van der Waals surface area (Å²) in [5.41, 5.74) is 0.0232. The van der Waals surface area contributed by atoms with Crippen LogP contribution < -0.4 is 14.8 Å². The lowest BCUT2D eigenvalue weighted by Gasteiger charge is -2.42. The lowest BCUT2D eigenvalue weighted by molar-refractivity contribution is -0.0159. The lowest BCUT2D eigenvalue weighted by atomic mass is 9.77. The molecule has 0 bridgehead atoms. The molecule has 3 heteroatoms. The molecule has 0 atom stereocenters. The van der Waals surface area contributed by atoms with Gasteiger partial charge in [-0.05, 0) is 57.3 Å². The van der Waals surface area contributed by atoms with Gasteiger partial charge in [0.05, 0.1) is 7.11 Å². The van der Waals surface area contributed by atoms with Crippen molar-refractivity contribution in [2.45, 2.75) is 44.6 Å². The topological polar surface area (TPSA) is 30.5 Å². The molecule has 1 aliphatic carbocycles. The average molecular weight is 263 g/mol. The smallest absolute Gasteiger partial charge is 0.161 e. The van der Waals surface area contributed by atoms with Crippen molar-refractivity contribution in [3.05, 3.63) is 24.3 Å². The number of methoxy groups -OCH3 is 1. The highest BCUT2D eigenvalue weighted by molar-refractivity contribution is 5.40. The fourth-order valence-corrected chi connectivity index (χ4v) is 2.53. The van der Waals surface area contributed by atoms with E-state index in [1.165, 1.54) is 12.8 Å². The number of hydrogen-bond donors (Lipinski definition) is 1. The largest absolute Gasteiger partial charge is 0.493 e. The molecule has 1 saturated carbocycles. The molecule has 3 nitrogen and oxygen atoms in total. The van der Waals surface area contributed by atoms with Crippen molar-refractivity contribution in [2.24, 2.45) is 0 Å². The summed E-state index contributed by atoms with van der Waals surface area (Å²) in [4.78, 5) is 0. The molecule has 1 N–H and O–H groups in total. The van der Waals surface area contributed by atoms with Gasteiger partial charge in [0, 0.05) is 0 Å². The van der Waals surface area contributed by atoms with Gasteiger partial charge >= 0.3 is 0 Å². The zero-order valence-corrected chi connectivity index (χ0v) is 12.1. The third-order valence-electron chi connectivity index (χ3n) is 3.84. The Balaban J connectivity index is 1.94. The van der Waals surface area contributed by atoms with Crippen LogP contribution in [0.2, 0.25) is 0 Å². The number of hydrogen-bond acceptors (Lipinski definition) is 3. The summed E-state index contributed by atoms with van der Waals surface area (Å²) < 4.78 is 11.6. The Labute approximate surface area is 116 Å². The van der Waals surface area contributed by atoms with Gasteiger partial charge in [0.25, 0.3) is 0 Å². The van der Waals surface area contributed by atoms with Crippen molar-refractivity contribution in [2.75, 3.05) is 20.2 Å². The van der Waals surface area contributed by atoms with E-state index >= 15 is 0 Å². The number of ether oxygens (including phenoxy) is 2. The Bertz CT molecular complexity index is 388. The first-order valence-electron chi connectivity index (χ1n) is 7.32. The number of rotatable bonds is 8. The first-order valence-corrected chi connectivity index (χ1v) is 7.32. The quantitative estimate of drug-likeness (QED) is 0.729. The van der Waals surface area contributed by atoms with Gasteiger partial charge in [-0.1, -0.05) is 19.1 Å². The summed E-state index contributed by atoms with van der Waals surface area (Å²) in [6, 6.07) is 7.93. The maximum absolute atomic E-state index is 6.28. The summed E-state index contributed by atoms with van der Waals surface area (Å²) in [5.74, 6) is 1.70. The van der Waals surface area contributed by atoms with Gasteiger partial charge in [0.15, 0.2) is 11.5 Å². The molecule has 0 aromatic heterocycles. The van der Waals surface area contributed by atoms with E-state index in [4.69, 9.17) is 9.47 Å². The molecular weight excluding hydrogens is 238 g/mol. The summed E-state index contributed by atoms with van der Waals surface area (Å²) in [6.45, 7) is 4.31. The zero-order chi connectivity index (χ0) is 13.6. The molecule has 1 fully saturated rings. The van der Waals surface area contributed by atoms with Crippen molar-refractivity contribution >= 4 is 0 Å². The van der Waals surface area contributed by atoms with E-state index in [-0.39, 0.29) is 5.60 Å². The van der Waals surface area contributed by atoms with Gasteiger partial charge in [-0.25, -0.2) is 0 Å². The second kappa shape index (κ2) is 6.80. The van der Waals surface area contributed by atoms with Gasteiger partial charge in [-0.3, -0.25) is 0 Å². The molecule has 0 spiro atoms. The Kier molecular flexibility index (Phi) is 5.08. The highest BCUT2D eigenvalue weighted by Gasteiger charge is 2.39. The Hall–Kier alpha value is -1.22. The molecule has 0 amide bonds. The van der Waals surface area contributed by atoms with Crippen LogP contribution in [0.25, 0.3) is 0 Å².